The van der Waals surface area contributed by atoms with Crippen LogP contribution in [0.4, 0.5) is 0 Å². The molecule has 4 fully saturated rings. The summed E-state index contributed by atoms with van der Waals surface area (Å²) in [4.78, 5) is 0. The van der Waals surface area contributed by atoms with Crippen LogP contribution in [-0.2, 0) is 0 Å². The van der Waals surface area contributed by atoms with Crippen molar-refractivity contribution in [3.05, 3.63) is 0 Å². The van der Waals surface area contributed by atoms with Gasteiger partial charge in [-0.1, -0.05) is 34.1 Å². The lowest BCUT2D eigenvalue weighted by Gasteiger charge is -2.64. The number of fused-ring (bicyclic) bond motifs is 5. The van der Waals surface area contributed by atoms with Crippen LogP contribution >= 0.6 is 0 Å². The Morgan fingerprint density at radius 1 is 1.00 bits per heavy atom. The van der Waals surface area contributed by atoms with Crippen LogP contribution in [-0.4, -0.2) is 22.4 Å². The second-order valence-corrected chi connectivity index (χ2v) is 12.1. The van der Waals surface area contributed by atoms with Crippen LogP contribution in [0.2, 0.25) is 0 Å². The normalized spacial score (nSPS) is 51.4. The summed E-state index contributed by atoms with van der Waals surface area (Å²) in [6, 6.07) is 2.32. The average molecular weight is 416 g/mol. The van der Waals surface area contributed by atoms with E-state index in [-0.39, 0.29) is 12.2 Å². The minimum absolute atomic E-state index is 0.167. The third kappa shape index (κ3) is 3.36. The molecule has 0 amide bonds. The highest BCUT2D eigenvalue weighted by atomic mass is 16.3. The second kappa shape index (κ2) is 8.40. The van der Waals surface area contributed by atoms with Gasteiger partial charge in [0.05, 0.1) is 18.3 Å². The van der Waals surface area contributed by atoms with Gasteiger partial charge in [-0.05, 0) is 110 Å². The van der Waals surface area contributed by atoms with Crippen molar-refractivity contribution in [3.63, 3.8) is 0 Å². The fraction of sp³-hybridized carbons (Fsp3) is 0.963. The van der Waals surface area contributed by atoms with Gasteiger partial charge in [0.25, 0.3) is 0 Å². The number of aliphatic hydroxyl groups is 2. The Labute approximate surface area is 184 Å². The molecule has 0 spiro atoms. The number of rotatable bonds is 5. The molecule has 4 aliphatic carbocycles. The summed E-state index contributed by atoms with van der Waals surface area (Å²) in [5.74, 6) is 3.97. The highest BCUT2D eigenvalue weighted by Gasteiger charge is 2.64. The number of nitrogens with zero attached hydrogens (tertiary/aromatic N) is 1. The second-order valence-electron chi connectivity index (χ2n) is 12.1. The van der Waals surface area contributed by atoms with E-state index in [0.29, 0.717) is 52.8 Å². The van der Waals surface area contributed by atoms with Crippen molar-refractivity contribution in [2.45, 2.75) is 111 Å². The summed E-state index contributed by atoms with van der Waals surface area (Å²) in [5, 5.41) is 31.1. The van der Waals surface area contributed by atoms with E-state index in [9.17, 15) is 10.2 Å². The molecule has 0 heterocycles. The van der Waals surface area contributed by atoms with Gasteiger partial charge in [-0.3, -0.25) is 0 Å². The Hall–Kier alpha value is -0.590. The molecule has 4 aliphatic rings. The lowest BCUT2D eigenvalue weighted by atomic mass is 9.41. The van der Waals surface area contributed by atoms with Crippen molar-refractivity contribution < 1.29 is 10.2 Å². The number of aliphatic hydroxyl groups excluding tert-OH is 2. The van der Waals surface area contributed by atoms with Crippen molar-refractivity contribution in [1.82, 2.24) is 0 Å². The molecule has 3 heteroatoms. The molecule has 4 saturated carbocycles. The molecule has 3 nitrogen and oxygen atoms in total. The van der Waals surface area contributed by atoms with Crippen molar-refractivity contribution in [2.75, 3.05) is 0 Å². The Balaban J connectivity index is 1.60. The number of hydrogen-bond donors (Lipinski definition) is 2. The third-order valence-corrected chi connectivity index (χ3v) is 11.1. The molecule has 0 aromatic rings. The van der Waals surface area contributed by atoms with Gasteiger partial charge in [-0.2, -0.15) is 5.26 Å². The van der Waals surface area contributed by atoms with Gasteiger partial charge in [0.15, 0.2) is 0 Å². The van der Waals surface area contributed by atoms with Gasteiger partial charge in [0.2, 0.25) is 0 Å². The van der Waals surface area contributed by atoms with Gasteiger partial charge in [0, 0.05) is 6.42 Å². The highest BCUT2D eigenvalue weighted by Crippen LogP contribution is 2.69. The van der Waals surface area contributed by atoms with Crippen LogP contribution < -0.4 is 0 Å². The maximum absolute atomic E-state index is 11.7. The molecule has 4 rings (SSSR count). The van der Waals surface area contributed by atoms with Crippen LogP contribution in [0, 0.1) is 63.6 Å². The van der Waals surface area contributed by atoms with Gasteiger partial charge in [-0.15, -0.1) is 0 Å². The van der Waals surface area contributed by atoms with Gasteiger partial charge in [-0.25, -0.2) is 0 Å². The summed E-state index contributed by atoms with van der Waals surface area (Å²) in [6.45, 7) is 9.76. The zero-order chi connectivity index (χ0) is 21.7. The molecule has 0 aromatic heterocycles. The fourth-order valence-electron chi connectivity index (χ4n) is 9.64. The SMILES string of the molecule is CC[C@H]1[C@@H](O)[C@@H]2[C@H](CC[C@]3(C)[C@@H]([C@H](C)CCCC#N)CC[C@@H]23)[C@@]2(C)CC[C@@H](O)C[C@@H]12. The molecular weight excluding hydrogens is 370 g/mol. The lowest BCUT2D eigenvalue weighted by molar-refractivity contribution is -0.203. The topological polar surface area (TPSA) is 64.2 Å². The van der Waals surface area contributed by atoms with Crippen LogP contribution in [0.1, 0.15) is 98.3 Å². The molecule has 0 aromatic carbocycles. The van der Waals surface area contributed by atoms with Gasteiger partial charge < -0.3 is 10.2 Å². The zero-order valence-electron chi connectivity index (χ0n) is 19.8. The number of unbranched alkanes of at least 4 members (excludes halogenated alkanes) is 1. The molecule has 0 aliphatic heterocycles. The summed E-state index contributed by atoms with van der Waals surface area (Å²) in [6.07, 6.45) is 11.7. The molecule has 30 heavy (non-hydrogen) atoms. The summed E-state index contributed by atoms with van der Waals surface area (Å²) in [5.41, 5.74) is 0.644. The standard InChI is InChI=1S/C27H45NO2/c1-5-19-23-16-18(29)11-13-27(23,4)22-12-14-26(3)20(17(2)8-6-7-15-28)9-10-21(26)24(22)25(19)30/h17-25,29-30H,5-14,16H2,1-4H3/t17-,18-,19-,20-,21+,22+,23+,24+,25-,26-,27-/m1/s1. The van der Waals surface area contributed by atoms with Crippen LogP contribution in [0.25, 0.3) is 0 Å². The first-order chi connectivity index (χ1) is 14.3. The molecular formula is C27H45NO2. The Bertz CT molecular complexity index is 658. The van der Waals surface area contributed by atoms with E-state index in [1.807, 2.05) is 0 Å². The Morgan fingerprint density at radius 2 is 1.70 bits per heavy atom. The van der Waals surface area contributed by atoms with Gasteiger partial charge >= 0.3 is 0 Å². The smallest absolute Gasteiger partial charge is 0.0621 e. The maximum Gasteiger partial charge on any atom is 0.0621 e. The average Bonchev–Trinajstić information content (AvgIpc) is 3.07. The van der Waals surface area contributed by atoms with Gasteiger partial charge in [0.1, 0.15) is 0 Å². The first-order valence-corrected chi connectivity index (χ1v) is 13.0. The van der Waals surface area contributed by atoms with E-state index in [0.717, 1.165) is 38.0 Å². The predicted molar refractivity (Wildman–Crippen MR) is 120 cm³/mol. The molecule has 170 valence electrons. The van der Waals surface area contributed by atoms with E-state index in [1.165, 1.54) is 32.1 Å². The minimum atomic E-state index is -0.194. The maximum atomic E-state index is 11.7. The predicted octanol–water partition coefficient (Wildman–Crippen LogP) is 5.94. The zero-order valence-corrected chi connectivity index (χ0v) is 19.8. The van der Waals surface area contributed by atoms with E-state index in [1.54, 1.807) is 0 Å². The lowest BCUT2D eigenvalue weighted by Crippen LogP contribution is -2.62. The highest BCUT2D eigenvalue weighted by molar-refractivity contribution is 5.13. The van der Waals surface area contributed by atoms with Crippen molar-refractivity contribution in [1.29, 1.82) is 5.26 Å². The quantitative estimate of drug-likeness (QED) is 0.546. The minimum Gasteiger partial charge on any atom is -0.393 e. The third-order valence-electron chi connectivity index (χ3n) is 11.1. The van der Waals surface area contributed by atoms with E-state index >= 15 is 0 Å². The molecule has 11 atom stereocenters. The van der Waals surface area contributed by atoms with E-state index in [4.69, 9.17) is 5.26 Å². The largest absolute Gasteiger partial charge is 0.393 e. The van der Waals surface area contributed by atoms with Crippen molar-refractivity contribution >= 4 is 0 Å². The first-order valence-electron chi connectivity index (χ1n) is 13.0. The molecule has 2 N–H and O–H groups in total. The molecule has 0 bridgehead atoms. The molecule has 0 radical (unpaired) electrons. The molecule has 0 saturated heterocycles. The van der Waals surface area contributed by atoms with Crippen LogP contribution in [0.5, 0.6) is 0 Å². The van der Waals surface area contributed by atoms with Crippen LogP contribution in [0.15, 0.2) is 0 Å². The molecule has 0 unspecified atom stereocenters. The number of nitriles is 1. The first kappa shape index (κ1) is 22.6. The monoisotopic (exact) mass is 415 g/mol. The van der Waals surface area contributed by atoms with Crippen molar-refractivity contribution in [3.8, 4) is 6.07 Å². The van der Waals surface area contributed by atoms with E-state index < -0.39 is 0 Å². The number of hydrogen-bond acceptors (Lipinski definition) is 3. The van der Waals surface area contributed by atoms with Crippen LogP contribution in [0.3, 0.4) is 0 Å². The Morgan fingerprint density at radius 3 is 2.40 bits per heavy atom. The van der Waals surface area contributed by atoms with Crippen molar-refractivity contribution in [2.24, 2.45) is 52.3 Å². The fourth-order valence-corrected chi connectivity index (χ4v) is 9.64. The summed E-state index contributed by atoms with van der Waals surface area (Å²) < 4.78 is 0. The summed E-state index contributed by atoms with van der Waals surface area (Å²) >= 11 is 0. The van der Waals surface area contributed by atoms with E-state index in [2.05, 4.69) is 33.8 Å². The Kier molecular flexibility index (Phi) is 6.33. The summed E-state index contributed by atoms with van der Waals surface area (Å²) in [7, 11) is 0.